The summed E-state index contributed by atoms with van der Waals surface area (Å²) in [6, 6.07) is 25.4. The Labute approximate surface area is 686 Å². The number of methoxy groups -OCH3 is 3. The van der Waals surface area contributed by atoms with Crippen LogP contribution >= 0.6 is 63.7 Å². The number of hydrogen-bond acceptors (Lipinski definition) is 19. The summed E-state index contributed by atoms with van der Waals surface area (Å²) in [6.07, 6.45) is 23.4. The molecule has 8 aliphatic carbocycles. The monoisotopic (exact) mass is 1770 g/mol. The summed E-state index contributed by atoms with van der Waals surface area (Å²) in [5.74, 6) is 2.34. The number of carbonyl (C=O) groups is 4. The lowest BCUT2D eigenvalue weighted by Gasteiger charge is -2.46. The molecule has 4 unspecified atom stereocenters. The van der Waals surface area contributed by atoms with Gasteiger partial charge in [-0.3, -0.25) is 33.9 Å². The average molecular weight is 1780 g/mol. The number of likely N-dealkylation sites (tertiary alicyclic amines) is 1. The van der Waals surface area contributed by atoms with Gasteiger partial charge < -0.3 is 51.5 Å². The number of nitrogens with two attached hydrogens (primary N) is 4. The van der Waals surface area contributed by atoms with Crippen molar-refractivity contribution in [3.63, 3.8) is 0 Å². The van der Waals surface area contributed by atoms with Crippen LogP contribution in [0, 0.1) is 27.6 Å². The van der Waals surface area contributed by atoms with Crippen LogP contribution < -0.4 is 22.9 Å². The van der Waals surface area contributed by atoms with Crippen LogP contribution in [0.1, 0.15) is 180 Å². The summed E-state index contributed by atoms with van der Waals surface area (Å²) >= 11 is 14.4. The Morgan fingerprint density at radius 3 is 1.01 bits per heavy atom. The first-order valence-electron chi connectivity index (χ1n) is 40.2. The third-order valence-electron chi connectivity index (χ3n) is 29.1. The molecule has 27 heteroatoms. The maximum Gasteiger partial charge on any atom is 0.277 e. The molecule has 4 atom stereocenters. The summed E-state index contributed by atoms with van der Waals surface area (Å²) in [5.41, 5.74) is 30.2. The van der Waals surface area contributed by atoms with Gasteiger partial charge in [-0.1, -0.05) is 108 Å². The molecule has 596 valence electrons. The molecule has 19 rings (SSSR count). The van der Waals surface area contributed by atoms with E-state index >= 15 is 0 Å². The first-order chi connectivity index (χ1) is 53.2. The van der Waals surface area contributed by atoms with Gasteiger partial charge in [0.25, 0.3) is 23.6 Å². The topological polar surface area (TPSA) is 287 Å². The summed E-state index contributed by atoms with van der Waals surface area (Å²) in [5, 5.41) is 3.24. The molecule has 15 aliphatic rings. The molecule has 23 nitrogen and oxygen atoms in total. The summed E-state index contributed by atoms with van der Waals surface area (Å²) < 4.78 is 31.6. The Balaban J connectivity index is 0.000000112. The lowest BCUT2D eigenvalue weighted by Crippen LogP contribution is -2.58. The number of hydrazine groups is 1. The Kier molecular flexibility index (Phi) is 21.4. The number of halogens is 4. The van der Waals surface area contributed by atoms with Crippen molar-refractivity contribution in [2.45, 2.75) is 220 Å². The fourth-order valence-corrected chi connectivity index (χ4v) is 24.6. The molecule has 7 fully saturated rings. The number of ether oxygens (including phenoxy) is 5. The highest BCUT2D eigenvalue weighted by Crippen LogP contribution is 2.67. The molecule has 4 amide bonds. The van der Waals surface area contributed by atoms with Gasteiger partial charge in [-0.2, -0.15) is 0 Å². The van der Waals surface area contributed by atoms with E-state index in [1.165, 1.54) is 27.3 Å². The number of piperidine rings is 1. The van der Waals surface area contributed by atoms with E-state index in [0.717, 1.165) is 207 Å². The highest BCUT2D eigenvalue weighted by atomic mass is 79.9. The van der Waals surface area contributed by atoms with Gasteiger partial charge >= 0.3 is 0 Å². The SMILES string of the molecule is CC1CCC2(CC1)Cc1ccc(Br)cc1C21N=C(N)N(C2COC2)C1=O.COC1CCC2(CC1)Cc1ccc(Br)cc1C21N=C(N)N(C2CCN(C)CC2)C1=O.COC1CCC2(CC1)Cc1ccc(Br)cc1C21N=C(N)N(C2CCOCC2)C1=O.COC1CCC2(CC1)Cc1ccc(Br)cc1C21N=C(N)N(N(C)C)C1=O. The third kappa shape index (κ3) is 12.4. The highest BCUT2D eigenvalue weighted by molar-refractivity contribution is 9.11. The van der Waals surface area contributed by atoms with Crippen LogP contribution in [0.4, 0.5) is 0 Å². The first-order valence-corrected chi connectivity index (χ1v) is 43.4. The predicted octanol–water partition coefficient (Wildman–Crippen LogP) is 11.5. The van der Waals surface area contributed by atoms with Gasteiger partial charge in [0.1, 0.15) is 0 Å². The van der Waals surface area contributed by atoms with Crippen LogP contribution in [-0.4, -0.2) is 196 Å². The maximum atomic E-state index is 14.3. The van der Waals surface area contributed by atoms with E-state index in [0.29, 0.717) is 50.2 Å². The molecule has 0 radical (unpaired) electrons. The van der Waals surface area contributed by atoms with E-state index < -0.39 is 22.2 Å². The zero-order valence-corrected chi connectivity index (χ0v) is 71.5. The third-order valence-corrected chi connectivity index (χ3v) is 31.1. The van der Waals surface area contributed by atoms with Crippen molar-refractivity contribution >= 4 is 111 Å². The molecule has 4 saturated carbocycles. The van der Waals surface area contributed by atoms with Crippen molar-refractivity contribution in [2.75, 3.05) is 82.0 Å². The van der Waals surface area contributed by atoms with Gasteiger partial charge in [0.15, 0.2) is 40.0 Å². The Morgan fingerprint density at radius 1 is 0.414 bits per heavy atom. The molecule has 0 bridgehead atoms. The molecule has 8 spiro atoms. The quantitative estimate of drug-likeness (QED) is 0.134. The highest BCUT2D eigenvalue weighted by Gasteiger charge is 2.72. The Morgan fingerprint density at radius 2 is 0.712 bits per heavy atom. The second-order valence-electron chi connectivity index (χ2n) is 34.8. The van der Waals surface area contributed by atoms with Gasteiger partial charge in [0.2, 0.25) is 5.96 Å². The molecule has 4 aromatic rings. The van der Waals surface area contributed by atoms with Gasteiger partial charge in [0, 0.05) is 100 Å². The van der Waals surface area contributed by atoms with Crippen molar-refractivity contribution < 1.29 is 42.9 Å². The largest absolute Gasteiger partial charge is 0.381 e. The number of amides is 4. The average Bonchev–Trinajstić information content (AvgIpc) is 1.54. The minimum atomic E-state index is -0.931. The number of guanidine groups is 4. The van der Waals surface area contributed by atoms with Gasteiger partial charge in [0.05, 0.1) is 37.6 Å². The van der Waals surface area contributed by atoms with Crippen LogP contribution in [0.2, 0.25) is 0 Å². The van der Waals surface area contributed by atoms with Crippen LogP contribution in [0.25, 0.3) is 0 Å². The standard InChI is InChI=1S/C23H31BrN4O2.C22H28BrN3O3.C20H24BrN3O2.C19H25BrN4O2/c1-27-11-7-17(8-12-27)28-20(29)23(26-21(28)25)19-13-16(24)4-3-15(19)14-22(23)9-5-18(30-2)6-10-22;1-28-17-4-8-21(9-5-17)13-14-2-3-15(23)12-18(14)22(21)19(27)26(20(24)25-22)16-6-10-29-11-7-16;1-12-4-6-19(7-5-12)9-13-2-3-14(21)8-16(13)20(19)17(25)24(18(22)23-20)15-10-26-11-15;1-23(2)24-16(25)19(22-17(24)21)15-10-13(20)5-4-12(15)11-18(19)8-6-14(26-3)7-9-18/h3-4,13,17-18H,5-12,14H2,1-2H3,(H2,25,26);2-3,12,16-17H,4-11,13H2,1H3,(H2,24,25);2-3,8,12,15H,4-7,9-11H2,1H3,(H2,22,23);4-5,10,14H,6-9,11H2,1-3H3,(H2,21,22). The van der Waals surface area contributed by atoms with Crippen LogP contribution in [0.15, 0.2) is 111 Å². The van der Waals surface area contributed by atoms with Crippen LogP contribution in [-0.2, 0) is 90.7 Å². The van der Waals surface area contributed by atoms with Gasteiger partial charge in [-0.25, -0.2) is 30.0 Å². The molecule has 0 aromatic heterocycles. The van der Waals surface area contributed by atoms with E-state index in [1.807, 2.05) is 25.1 Å². The Bertz CT molecular complexity index is 4450. The van der Waals surface area contributed by atoms with E-state index in [4.69, 9.17) is 66.6 Å². The summed E-state index contributed by atoms with van der Waals surface area (Å²) in [4.78, 5) is 83.7. The molecular weight excluding hydrogens is 1670 g/mol. The van der Waals surface area contributed by atoms with E-state index in [-0.39, 0.29) is 87.7 Å². The number of rotatable bonds is 7. The molecule has 111 heavy (non-hydrogen) atoms. The van der Waals surface area contributed by atoms with E-state index in [1.54, 1.807) is 36.1 Å². The molecule has 8 N–H and O–H groups in total. The van der Waals surface area contributed by atoms with Crippen molar-refractivity contribution in [2.24, 2.45) is 70.5 Å². The van der Waals surface area contributed by atoms with Crippen molar-refractivity contribution in [3.05, 3.63) is 135 Å². The molecule has 7 aliphatic heterocycles. The van der Waals surface area contributed by atoms with E-state index in [9.17, 15) is 19.2 Å². The van der Waals surface area contributed by atoms with E-state index in [2.05, 4.69) is 149 Å². The number of carbonyl (C=O) groups excluding carboxylic acids is 4. The summed E-state index contributed by atoms with van der Waals surface area (Å²) in [7, 11) is 11.1. The van der Waals surface area contributed by atoms with Crippen molar-refractivity contribution in [1.82, 2.24) is 29.6 Å². The van der Waals surface area contributed by atoms with Gasteiger partial charge in [-0.05, 0) is 260 Å². The minimum Gasteiger partial charge on any atom is -0.381 e. The smallest absolute Gasteiger partial charge is 0.277 e. The van der Waals surface area contributed by atoms with Crippen molar-refractivity contribution in [1.29, 1.82) is 0 Å². The zero-order valence-electron chi connectivity index (χ0n) is 65.2. The zero-order chi connectivity index (χ0) is 78.1. The second kappa shape index (κ2) is 30.1. The number of nitrogens with zero attached hydrogens (tertiary/aromatic N) is 10. The normalized spacial score (nSPS) is 34.9. The maximum absolute atomic E-state index is 14.3. The molecular formula is C84H108Br4N14O9. The number of aliphatic imine (C=N–C) groups is 4. The first kappa shape index (κ1) is 79.1. The van der Waals surface area contributed by atoms with Gasteiger partial charge in [-0.15, -0.1) is 0 Å². The fraction of sp³-hybridized carbons (Fsp3) is 0.619. The second-order valence-corrected chi connectivity index (χ2v) is 38.5. The molecule has 7 heterocycles. The predicted molar refractivity (Wildman–Crippen MR) is 440 cm³/mol. The fourth-order valence-electron chi connectivity index (χ4n) is 23.2. The summed E-state index contributed by atoms with van der Waals surface area (Å²) in [6.45, 7) is 6.70. The molecule has 3 saturated heterocycles. The van der Waals surface area contributed by atoms with Crippen LogP contribution in [0.3, 0.4) is 0 Å². The minimum absolute atomic E-state index is 0.0291. The Hall–Kier alpha value is -5.72. The number of hydrogen-bond donors (Lipinski definition) is 4. The van der Waals surface area contributed by atoms with Crippen molar-refractivity contribution in [3.8, 4) is 0 Å². The van der Waals surface area contributed by atoms with Crippen LogP contribution in [0.5, 0.6) is 0 Å². The molecule has 4 aromatic carbocycles. The lowest BCUT2D eigenvalue weighted by molar-refractivity contribution is -0.147. The number of fused-ring (bicyclic) bond motifs is 12. The lowest BCUT2D eigenvalue weighted by atomic mass is 9.60. The number of benzene rings is 4.